The summed E-state index contributed by atoms with van der Waals surface area (Å²) in [5.41, 5.74) is 6.76. The number of primary amides is 1. The summed E-state index contributed by atoms with van der Waals surface area (Å²) < 4.78 is 27.8. The lowest BCUT2D eigenvalue weighted by Crippen LogP contribution is -2.41. The molecule has 4 rings (SSSR count). The molecule has 2 aliphatic heterocycles. The summed E-state index contributed by atoms with van der Waals surface area (Å²) in [5.74, 6) is 0.717. The third-order valence-corrected chi connectivity index (χ3v) is 8.33. The van der Waals surface area contributed by atoms with Crippen LogP contribution < -0.4 is 10.6 Å². The number of sulfonamides is 1. The van der Waals surface area contributed by atoms with Crippen molar-refractivity contribution in [3.05, 3.63) is 54.2 Å². The average Bonchev–Trinajstić information content (AvgIpc) is 2.80. The minimum atomic E-state index is -3.55. The quantitative estimate of drug-likeness (QED) is 0.741. The molecule has 166 valence electrons. The Bertz CT molecular complexity index is 987. The fourth-order valence-electron chi connectivity index (χ4n) is 4.58. The van der Waals surface area contributed by atoms with E-state index in [1.165, 1.54) is 11.8 Å². The smallest absolute Gasteiger partial charge is 0.244 e. The highest BCUT2D eigenvalue weighted by Gasteiger charge is 2.30. The van der Waals surface area contributed by atoms with Gasteiger partial charge >= 0.3 is 0 Å². The van der Waals surface area contributed by atoms with Crippen LogP contribution in [0.4, 0.5) is 5.82 Å². The number of nitrogens with two attached hydrogens (primary N) is 1. The van der Waals surface area contributed by atoms with Crippen LogP contribution >= 0.6 is 0 Å². The summed E-state index contributed by atoms with van der Waals surface area (Å²) in [6.45, 7) is 2.39. The highest BCUT2D eigenvalue weighted by molar-refractivity contribution is 7.89. The van der Waals surface area contributed by atoms with E-state index in [2.05, 4.69) is 17.1 Å². The molecule has 0 bridgehead atoms. The van der Waals surface area contributed by atoms with Crippen molar-refractivity contribution in [2.45, 2.75) is 37.0 Å². The van der Waals surface area contributed by atoms with Crippen LogP contribution in [-0.4, -0.2) is 49.8 Å². The van der Waals surface area contributed by atoms with Gasteiger partial charge in [0.2, 0.25) is 15.9 Å². The molecule has 0 radical (unpaired) electrons. The van der Waals surface area contributed by atoms with E-state index in [4.69, 9.17) is 5.73 Å². The first kappa shape index (κ1) is 21.8. The first-order valence-electron chi connectivity index (χ1n) is 11.0. The molecule has 8 heteroatoms. The van der Waals surface area contributed by atoms with Gasteiger partial charge in [0.15, 0.2) is 0 Å². The molecule has 2 aromatic rings. The van der Waals surface area contributed by atoms with Gasteiger partial charge in [0.05, 0.1) is 5.92 Å². The van der Waals surface area contributed by atoms with Gasteiger partial charge in [-0.05, 0) is 55.7 Å². The summed E-state index contributed by atoms with van der Waals surface area (Å²) >= 11 is 0. The molecule has 1 aromatic carbocycles. The van der Waals surface area contributed by atoms with Crippen molar-refractivity contribution in [1.29, 1.82) is 0 Å². The Morgan fingerprint density at radius 3 is 2.42 bits per heavy atom. The van der Waals surface area contributed by atoms with Gasteiger partial charge in [-0.3, -0.25) is 4.79 Å². The van der Waals surface area contributed by atoms with Gasteiger partial charge in [0, 0.05) is 32.4 Å². The Balaban J connectivity index is 1.37. The third-order valence-electron chi connectivity index (χ3n) is 6.45. The van der Waals surface area contributed by atoms with E-state index in [-0.39, 0.29) is 16.7 Å². The standard InChI is InChI=1S/C23H30N4O3S/c24-23(28)20-7-4-12-26(17-20)22-9-8-21(16-25-22)31(29,30)27-13-10-19(11-14-27)15-18-5-2-1-3-6-18/h1-3,5-6,8-9,16,19-20H,4,7,10-15,17H2,(H2,24,28). The van der Waals surface area contributed by atoms with E-state index in [9.17, 15) is 13.2 Å². The summed E-state index contributed by atoms with van der Waals surface area (Å²) in [7, 11) is -3.55. The van der Waals surface area contributed by atoms with Gasteiger partial charge in [0.1, 0.15) is 10.7 Å². The Kier molecular flexibility index (Phi) is 6.57. The van der Waals surface area contributed by atoms with Crippen molar-refractivity contribution >= 4 is 21.7 Å². The molecule has 1 unspecified atom stereocenters. The third kappa shape index (κ3) is 5.07. The molecule has 0 aliphatic carbocycles. The molecule has 2 N–H and O–H groups in total. The lowest BCUT2D eigenvalue weighted by atomic mass is 9.91. The Labute approximate surface area is 184 Å². The number of hydrogen-bond acceptors (Lipinski definition) is 5. The van der Waals surface area contributed by atoms with Crippen LogP contribution in [0.2, 0.25) is 0 Å². The van der Waals surface area contributed by atoms with Crippen molar-refractivity contribution in [1.82, 2.24) is 9.29 Å². The molecule has 2 saturated heterocycles. The largest absolute Gasteiger partial charge is 0.369 e. The number of hydrogen-bond donors (Lipinski definition) is 1. The fourth-order valence-corrected chi connectivity index (χ4v) is 6.00. The molecule has 31 heavy (non-hydrogen) atoms. The Morgan fingerprint density at radius 2 is 1.77 bits per heavy atom. The van der Waals surface area contributed by atoms with Crippen molar-refractivity contribution in [3.63, 3.8) is 0 Å². The van der Waals surface area contributed by atoms with E-state index < -0.39 is 10.0 Å². The zero-order valence-corrected chi connectivity index (χ0v) is 18.5. The molecule has 1 amide bonds. The molecular weight excluding hydrogens is 412 g/mol. The van der Waals surface area contributed by atoms with Crippen molar-refractivity contribution in [3.8, 4) is 0 Å². The maximum atomic E-state index is 13.1. The van der Waals surface area contributed by atoms with Gasteiger partial charge in [0.25, 0.3) is 0 Å². The van der Waals surface area contributed by atoms with Crippen LogP contribution in [0.15, 0.2) is 53.6 Å². The normalized spacial score (nSPS) is 21.2. The number of piperidine rings is 2. The molecule has 1 aromatic heterocycles. The minimum Gasteiger partial charge on any atom is -0.369 e. The molecule has 3 heterocycles. The molecule has 0 spiro atoms. The summed E-state index contributed by atoms with van der Waals surface area (Å²) in [4.78, 5) is 18.1. The van der Waals surface area contributed by atoms with Gasteiger partial charge in [-0.1, -0.05) is 30.3 Å². The fraction of sp³-hybridized carbons (Fsp3) is 0.478. The number of amides is 1. The predicted octanol–water partition coefficient (Wildman–Crippen LogP) is 2.43. The SMILES string of the molecule is NC(=O)C1CCCN(c2ccc(S(=O)(=O)N3CCC(Cc4ccccc4)CC3)cn2)C1. The number of aromatic nitrogens is 1. The second-order valence-corrected chi connectivity index (χ2v) is 10.5. The molecule has 7 nitrogen and oxygen atoms in total. The summed E-state index contributed by atoms with van der Waals surface area (Å²) in [6.07, 6.45) is 5.82. The highest BCUT2D eigenvalue weighted by atomic mass is 32.2. The van der Waals surface area contributed by atoms with E-state index in [1.54, 1.807) is 16.4 Å². The molecule has 2 fully saturated rings. The van der Waals surface area contributed by atoms with Crippen molar-refractivity contribution in [2.24, 2.45) is 17.6 Å². The first-order valence-corrected chi connectivity index (χ1v) is 12.4. The second kappa shape index (κ2) is 9.36. The van der Waals surface area contributed by atoms with Crippen molar-refractivity contribution in [2.75, 3.05) is 31.1 Å². The number of carbonyl (C=O) groups excluding carboxylic acids is 1. The van der Waals surface area contributed by atoms with Crippen LogP contribution in [0.5, 0.6) is 0 Å². The lowest BCUT2D eigenvalue weighted by Gasteiger charge is -2.32. The predicted molar refractivity (Wildman–Crippen MR) is 120 cm³/mol. The Morgan fingerprint density at radius 1 is 1.03 bits per heavy atom. The van der Waals surface area contributed by atoms with Gasteiger partial charge in [-0.2, -0.15) is 4.31 Å². The topological polar surface area (TPSA) is 96.6 Å². The number of anilines is 1. The van der Waals surface area contributed by atoms with Crippen LogP contribution in [-0.2, 0) is 21.2 Å². The molecule has 2 aliphatic rings. The Hall–Kier alpha value is -2.45. The average molecular weight is 443 g/mol. The maximum Gasteiger partial charge on any atom is 0.244 e. The van der Waals surface area contributed by atoms with Crippen molar-refractivity contribution < 1.29 is 13.2 Å². The van der Waals surface area contributed by atoms with Crippen LogP contribution in [0, 0.1) is 11.8 Å². The first-order chi connectivity index (χ1) is 14.9. The van der Waals surface area contributed by atoms with E-state index >= 15 is 0 Å². The number of pyridine rings is 1. The second-order valence-electron chi connectivity index (χ2n) is 8.58. The molecular formula is C23H30N4O3S. The highest BCUT2D eigenvalue weighted by Crippen LogP contribution is 2.27. The lowest BCUT2D eigenvalue weighted by molar-refractivity contribution is -0.122. The number of benzene rings is 1. The minimum absolute atomic E-state index is 0.184. The molecule has 1 atom stereocenters. The molecule has 0 saturated carbocycles. The van der Waals surface area contributed by atoms with Crippen LogP contribution in [0.1, 0.15) is 31.2 Å². The zero-order chi connectivity index (χ0) is 21.8. The number of rotatable bonds is 6. The monoisotopic (exact) mass is 442 g/mol. The summed E-state index contributed by atoms with van der Waals surface area (Å²) in [6, 6.07) is 13.7. The maximum absolute atomic E-state index is 13.1. The van der Waals surface area contributed by atoms with Crippen LogP contribution in [0.25, 0.3) is 0 Å². The van der Waals surface area contributed by atoms with E-state index in [0.29, 0.717) is 31.4 Å². The van der Waals surface area contributed by atoms with Gasteiger partial charge in [-0.15, -0.1) is 0 Å². The summed E-state index contributed by atoms with van der Waals surface area (Å²) in [5, 5.41) is 0. The zero-order valence-electron chi connectivity index (χ0n) is 17.7. The van der Waals surface area contributed by atoms with Crippen LogP contribution in [0.3, 0.4) is 0 Å². The van der Waals surface area contributed by atoms with E-state index in [0.717, 1.165) is 38.6 Å². The van der Waals surface area contributed by atoms with Gasteiger partial charge in [-0.25, -0.2) is 13.4 Å². The number of nitrogens with zero attached hydrogens (tertiary/aromatic N) is 3. The van der Waals surface area contributed by atoms with E-state index in [1.807, 2.05) is 23.1 Å². The van der Waals surface area contributed by atoms with Gasteiger partial charge < -0.3 is 10.6 Å². The number of carbonyl (C=O) groups is 1.